The van der Waals surface area contributed by atoms with E-state index in [9.17, 15) is 0 Å². The maximum Gasteiger partial charge on any atom is 0.0784 e. The van der Waals surface area contributed by atoms with Crippen LogP contribution in [0.5, 0.6) is 0 Å². The second-order valence-corrected chi connectivity index (χ2v) is 16.6. The topological polar surface area (TPSA) is 15.3 Å². The van der Waals surface area contributed by atoms with Crippen LogP contribution < -0.4 is 9.80 Å². The van der Waals surface area contributed by atoms with Crippen molar-refractivity contribution in [1.29, 1.82) is 0 Å². The van der Waals surface area contributed by atoms with Crippen molar-refractivity contribution in [3.05, 3.63) is 243 Å². The first-order chi connectivity index (χ1) is 31.8. The minimum atomic E-state index is 1.10. The Hall–Kier alpha value is -8.60. The van der Waals surface area contributed by atoms with E-state index in [2.05, 4.69) is 261 Å². The number of rotatable bonds is 8. The van der Waals surface area contributed by atoms with Gasteiger partial charge in [-0.05, 0) is 107 Å². The second-order valence-electron chi connectivity index (χ2n) is 16.6. The first-order valence-corrected chi connectivity index (χ1v) is 21.9. The Kier molecular flexibility index (Phi) is 8.18. The third-order valence-electron chi connectivity index (χ3n) is 13.0. The van der Waals surface area contributed by atoms with Gasteiger partial charge in [-0.1, -0.05) is 158 Å². The van der Waals surface area contributed by atoms with E-state index in [1.807, 2.05) is 0 Å². The molecule has 0 unspecified atom stereocenters. The van der Waals surface area contributed by atoms with Crippen molar-refractivity contribution in [2.45, 2.75) is 0 Å². The zero-order chi connectivity index (χ0) is 42.1. The van der Waals surface area contributed by atoms with E-state index in [1.54, 1.807) is 0 Å². The van der Waals surface area contributed by atoms with Crippen molar-refractivity contribution in [2.24, 2.45) is 0 Å². The molecule has 13 aromatic rings. The van der Waals surface area contributed by atoms with Crippen LogP contribution in [0.15, 0.2) is 243 Å². The van der Waals surface area contributed by atoms with E-state index in [-0.39, 0.29) is 0 Å². The average molecular weight is 817 g/mol. The number of fused-ring (bicyclic) bond motifs is 8. The molecule has 0 aliphatic heterocycles. The van der Waals surface area contributed by atoms with Gasteiger partial charge in [0.1, 0.15) is 0 Å². The van der Waals surface area contributed by atoms with Gasteiger partial charge in [0.05, 0.1) is 33.1 Å². The van der Waals surface area contributed by atoms with Gasteiger partial charge in [0.2, 0.25) is 0 Å². The molecule has 300 valence electrons. The Morgan fingerprint density at radius 2 is 0.531 bits per heavy atom. The molecular weight excluding hydrogens is 777 g/mol. The van der Waals surface area contributed by atoms with E-state index in [0.717, 1.165) is 45.2 Å². The van der Waals surface area contributed by atoms with Gasteiger partial charge in [0.25, 0.3) is 0 Å². The van der Waals surface area contributed by atoms with Crippen LogP contribution >= 0.6 is 0 Å². The molecule has 0 amide bonds. The summed E-state index contributed by atoms with van der Waals surface area (Å²) in [7, 11) is 0. The Bertz CT molecular complexity index is 3540. The molecule has 0 spiro atoms. The first kappa shape index (κ1) is 36.1. The van der Waals surface area contributed by atoms with Gasteiger partial charge in [-0.15, -0.1) is 0 Å². The van der Waals surface area contributed by atoms with Crippen LogP contribution in [-0.4, -0.2) is 8.80 Å². The van der Waals surface area contributed by atoms with Gasteiger partial charge in [-0.25, -0.2) is 0 Å². The molecule has 3 heterocycles. The molecule has 0 bridgehead atoms. The summed E-state index contributed by atoms with van der Waals surface area (Å²) in [5.41, 5.74) is 18.5. The number of aromatic nitrogens is 2. The Balaban J connectivity index is 1.09. The summed E-state index contributed by atoms with van der Waals surface area (Å²) in [5.74, 6) is 0. The lowest BCUT2D eigenvalue weighted by Gasteiger charge is -2.27. The highest BCUT2D eigenvalue weighted by Crippen LogP contribution is 2.47. The van der Waals surface area contributed by atoms with E-state index in [0.29, 0.717) is 0 Å². The first-order valence-electron chi connectivity index (χ1n) is 21.9. The molecule has 0 atom stereocenters. The number of nitrogens with zero attached hydrogens (tertiary/aromatic N) is 4. The normalized spacial score (nSPS) is 11.8. The van der Waals surface area contributed by atoms with Gasteiger partial charge in [0, 0.05) is 55.7 Å². The zero-order valence-corrected chi connectivity index (χ0v) is 34.9. The predicted octanol–water partition coefficient (Wildman–Crippen LogP) is 16.5. The fourth-order valence-corrected chi connectivity index (χ4v) is 10.1. The Morgan fingerprint density at radius 3 is 0.922 bits per heavy atom. The summed E-state index contributed by atoms with van der Waals surface area (Å²) in [6, 6.07) is 88.1. The monoisotopic (exact) mass is 816 g/mol. The lowest BCUT2D eigenvalue weighted by Crippen LogP contribution is -2.11. The van der Waals surface area contributed by atoms with E-state index in [4.69, 9.17) is 0 Å². The van der Waals surface area contributed by atoms with E-state index < -0.39 is 0 Å². The summed E-state index contributed by atoms with van der Waals surface area (Å²) >= 11 is 0. The highest BCUT2D eigenvalue weighted by atomic mass is 15.2. The van der Waals surface area contributed by atoms with E-state index >= 15 is 0 Å². The van der Waals surface area contributed by atoms with Crippen LogP contribution in [0.25, 0.3) is 76.9 Å². The van der Waals surface area contributed by atoms with Gasteiger partial charge < -0.3 is 18.6 Å². The number of benzene rings is 10. The maximum atomic E-state index is 2.53. The Labute approximate surface area is 370 Å². The van der Waals surface area contributed by atoms with Gasteiger partial charge in [0.15, 0.2) is 0 Å². The minimum absolute atomic E-state index is 1.10. The van der Waals surface area contributed by atoms with Gasteiger partial charge in [-0.3, -0.25) is 0 Å². The van der Waals surface area contributed by atoms with Crippen molar-refractivity contribution in [2.75, 3.05) is 9.80 Å². The summed E-state index contributed by atoms with van der Waals surface area (Å²) in [6.07, 6.45) is 0. The molecule has 0 fully saturated rings. The van der Waals surface area contributed by atoms with Crippen molar-refractivity contribution in [1.82, 2.24) is 8.80 Å². The van der Waals surface area contributed by atoms with Crippen molar-refractivity contribution >= 4 is 88.8 Å². The average Bonchev–Trinajstić information content (AvgIpc) is 3.89. The predicted molar refractivity (Wildman–Crippen MR) is 270 cm³/mol. The lowest BCUT2D eigenvalue weighted by molar-refractivity contribution is 1.23. The van der Waals surface area contributed by atoms with Gasteiger partial charge >= 0.3 is 0 Å². The van der Waals surface area contributed by atoms with Crippen LogP contribution in [0.2, 0.25) is 0 Å². The highest BCUT2D eigenvalue weighted by molar-refractivity contribution is 6.23. The molecule has 0 N–H and O–H groups in total. The zero-order valence-electron chi connectivity index (χ0n) is 34.9. The number of para-hydroxylation sites is 4. The fourth-order valence-electron chi connectivity index (χ4n) is 10.1. The maximum absolute atomic E-state index is 2.53. The molecular formula is C60H40N4. The summed E-state index contributed by atoms with van der Waals surface area (Å²) in [4.78, 5) is 4.80. The molecule has 0 aliphatic rings. The third kappa shape index (κ3) is 5.63. The molecule has 3 aromatic heterocycles. The lowest BCUT2D eigenvalue weighted by atomic mass is 10.0. The van der Waals surface area contributed by atoms with Gasteiger partial charge in [-0.2, -0.15) is 0 Å². The molecule has 13 rings (SSSR count). The second kappa shape index (κ2) is 14.5. The molecule has 0 saturated heterocycles. The number of hydrogen-bond acceptors (Lipinski definition) is 2. The molecule has 4 nitrogen and oxygen atoms in total. The number of hydrogen-bond donors (Lipinski definition) is 0. The highest BCUT2D eigenvalue weighted by Gasteiger charge is 2.25. The largest absolute Gasteiger partial charge is 0.310 e. The van der Waals surface area contributed by atoms with Crippen LogP contribution in [0.1, 0.15) is 0 Å². The summed E-state index contributed by atoms with van der Waals surface area (Å²) in [6.45, 7) is 0. The molecule has 0 saturated carbocycles. The molecule has 4 heteroatoms. The fraction of sp³-hybridized carbons (Fsp3) is 0. The third-order valence-corrected chi connectivity index (χ3v) is 13.0. The Morgan fingerprint density at radius 1 is 0.219 bits per heavy atom. The van der Waals surface area contributed by atoms with Crippen LogP contribution in [-0.2, 0) is 0 Å². The van der Waals surface area contributed by atoms with Crippen LogP contribution in [0.4, 0.5) is 34.1 Å². The quantitative estimate of drug-likeness (QED) is 0.142. The van der Waals surface area contributed by atoms with Crippen LogP contribution in [0.3, 0.4) is 0 Å². The van der Waals surface area contributed by atoms with Crippen LogP contribution in [0, 0.1) is 0 Å². The molecule has 10 aromatic carbocycles. The summed E-state index contributed by atoms with van der Waals surface area (Å²) in [5, 5.41) is 4.86. The van der Waals surface area contributed by atoms with E-state index in [1.165, 1.54) is 65.9 Å². The smallest absolute Gasteiger partial charge is 0.0784 e. The standard InChI is InChI=1S/C60H40N4/c1-5-17-41(18-6-1)43-29-33-47(34-30-43)61(45-21-9-3-10-22-45)49-37-53-51-25-13-15-27-55(51)64-58-40-50(38-54-52-26-14-16-28-56(52)63(60(54)58)57(39-49)59(53)64)62(46-23-11-4-12-24-46)48-35-31-44(32-36-48)42-19-7-2-8-20-42/h1-40H. The molecule has 0 aliphatic carbocycles. The SMILES string of the molecule is c1ccc(-c2ccc(N(c3ccccc3)c3cc4c5ccccc5n5c6cc(N(c7ccccc7)c7ccc(-c8ccccc8)cc7)cc7c8ccccc8n(c(c3)c45)c76)cc2)cc1. The number of anilines is 6. The molecule has 64 heavy (non-hydrogen) atoms. The molecule has 0 radical (unpaired) electrons. The van der Waals surface area contributed by atoms with Crippen molar-refractivity contribution in [3.8, 4) is 22.3 Å². The minimum Gasteiger partial charge on any atom is -0.310 e. The van der Waals surface area contributed by atoms with Crippen molar-refractivity contribution in [3.63, 3.8) is 0 Å². The summed E-state index contributed by atoms with van der Waals surface area (Å²) < 4.78 is 5.05. The van der Waals surface area contributed by atoms with Crippen molar-refractivity contribution < 1.29 is 0 Å².